The number of rotatable bonds is 8. The van der Waals surface area contributed by atoms with Gasteiger partial charge < -0.3 is 10.0 Å². The summed E-state index contributed by atoms with van der Waals surface area (Å²) in [5, 5.41) is 9.03. The third kappa shape index (κ3) is 5.29. The predicted octanol–water partition coefficient (Wildman–Crippen LogP) is 2.94. The molecule has 0 bridgehead atoms. The van der Waals surface area contributed by atoms with Gasteiger partial charge in [-0.2, -0.15) is 0 Å². The first-order chi connectivity index (χ1) is 9.58. The largest absolute Gasteiger partial charge is 0.395 e. The van der Waals surface area contributed by atoms with Crippen LogP contribution in [0.1, 0.15) is 44.6 Å². The van der Waals surface area contributed by atoms with Crippen LogP contribution in [0.4, 0.5) is 4.39 Å². The van der Waals surface area contributed by atoms with Gasteiger partial charge >= 0.3 is 0 Å². The Bertz CT molecular complexity index is 423. The number of carbonyl (C=O) groups is 1. The van der Waals surface area contributed by atoms with Crippen LogP contribution in [0.3, 0.4) is 0 Å². The lowest BCUT2D eigenvalue weighted by Gasteiger charge is -2.23. The van der Waals surface area contributed by atoms with Gasteiger partial charge in [0, 0.05) is 19.5 Å². The maximum atomic E-state index is 13.2. The summed E-state index contributed by atoms with van der Waals surface area (Å²) in [4.78, 5) is 13.9. The Kier molecular flexibility index (Phi) is 7.23. The highest BCUT2D eigenvalue weighted by atomic mass is 19.1. The van der Waals surface area contributed by atoms with Gasteiger partial charge in [-0.15, -0.1) is 0 Å². The van der Waals surface area contributed by atoms with E-state index in [2.05, 4.69) is 6.92 Å². The predicted molar refractivity (Wildman–Crippen MR) is 78.0 cm³/mol. The number of amides is 1. The van der Waals surface area contributed by atoms with Crippen LogP contribution in [0.15, 0.2) is 24.3 Å². The van der Waals surface area contributed by atoms with Crippen LogP contribution in [0.2, 0.25) is 0 Å². The Morgan fingerprint density at radius 2 is 2.15 bits per heavy atom. The van der Waals surface area contributed by atoms with Crippen LogP contribution >= 0.6 is 0 Å². The van der Waals surface area contributed by atoms with E-state index in [4.69, 9.17) is 5.11 Å². The van der Waals surface area contributed by atoms with Crippen LogP contribution in [-0.4, -0.2) is 35.6 Å². The minimum atomic E-state index is -0.278. The van der Waals surface area contributed by atoms with Gasteiger partial charge in [0.05, 0.1) is 6.61 Å². The summed E-state index contributed by atoms with van der Waals surface area (Å²) in [6, 6.07) is 6.37. The molecule has 0 saturated carbocycles. The molecule has 0 radical (unpaired) electrons. The monoisotopic (exact) mass is 281 g/mol. The summed E-state index contributed by atoms with van der Waals surface area (Å²) >= 11 is 0. The molecule has 0 spiro atoms. The molecule has 0 aromatic heterocycles. The molecule has 4 heteroatoms. The zero-order chi connectivity index (χ0) is 15.0. The van der Waals surface area contributed by atoms with E-state index in [-0.39, 0.29) is 24.2 Å². The summed E-state index contributed by atoms with van der Waals surface area (Å²) < 4.78 is 13.2. The lowest BCUT2D eigenvalue weighted by atomic mass is 9.97. The van der Waals surface area contributed by atoms with Gasteiger partial charge in [-0.1, -0.05) is 32.4 Å². The zero-order valence-electron chi connectivity index (χ0n) is 12.3. The third-order valence-electron chi connectivity index (χ3n) is 3.40. The van der Waals surface area contributed by atoms with Crippen LogP contribution in [0.5, 0.6) is 0 Å². The Hall–Kier alpha value is -1.42. The lowest BCUT2D eigenvalue weighted by Crippen LogP contribution is -2.35. The number of carbonyl (C=O) groups excluding carboxylic acids is 1. The van der Waals surface area contributed by atoms with Gasteiger partial charge in [-0.3, -0.25) is 4.79 Å². The first-order valence-electron chi connectivity index (χ1n) is 7.22. The van der Waals surface area contributed by atoms with Crippen LogP contribution in [-0.2, 0) is 4.79 Å². The fraction of sp³-hybridized carbons (Fsp3) is 0.562. The standard InChI is InChI=1S/C16H24FNO2/c1-3-4-8-18(9-10-19)16(20)11-13(2)14-6-5-7-15(17)12-14/h5-7,12-13,19H,3-4,8-11H2,1-2H3/t13-/m1/s1. The van der Waals surface area contributed by atoms with Crippen molar-refractivity contribution in [3.63, 3.8) is 0 Å². The smallest absolute Gasteiger partial charge is 0.223 e. The molecule has 0 aliphatic heterocycles. The van der Waals surface area contributed by atoms with E-state index < -0.39 is 0 Å². The molecular formula is C16H24FNO2. The Morgan fingerprint density at radius 1 is 1.40 bits per heavy atom. The summed E-state index contributed by atoms with van der Waals surface area (Å²) in [5.41, 5.74) is 0.831. The van der Waals surface area contributed by atoms with Crippen molar-refractivity contribution in [3.05, 3.63) is 35.6 Å². The molecule has 20 heavy (non-hydrogen) atoms. The van der Waals surface area contributed by atoms with Gasteiger partial charge in [0.25, 0.3) is 0 Å². The Labute approximate surface area is 120 Å². The van der Waals surface area contributed by atoms with Crippen molar-refractivity contribution in [3.8, 4) is 0 Å². The number of hydrogen-bond acceptors (Lipinski definition) is 2. The number of nitrogens with zero attached hydrogens (tertiary/aromatic N) is 1. The fourth-order valence-corrected chi connectivity index (χ4v) is 2.15. The lowest BCUT2D eigenvalue weighted by molar-refractivity contribution is -0.132. The van der Waals surface area contributed by atoms with Crippen molar-refractivity contribution >= 4 is 5.91 Å². The van der Waals surface area contributed by atoms with Crippen molar-refractivity contribution in [1.29, 1.82) is 0 Å². The van der Waals surface area contributed by atoms with Gasteiger partial charge in [0.1, 0.15) is 5.82 Å². The molecule has 112 valence electrons. The second kappa shape index (κ2) is 8.69. The highest BCUT2D eigenvalue weighted by Gasteiger charge is 2.17. The SMILES string of the molecule is CCCCN(CCO)C(=O)C[C@@H](C)c1cccc(F)c1. The Morgan fingerprint density at radius 3 is 2.75 bits per heavy atom. The quantitative estimate of drug-likeness (QED) is 0.796. The summed E-state index contributed by atoms with van der Waals surface area (Å²) in [6.07, 6.45) is 2.28. The molecule has 1 rings (SSSR count). The molecule has 1 aromatic rings. The van der Waals surface area contributed by atoms with E-state index in [0.29, 0.717) is 19.5 Å². The number of unbranched alkanes of at least 4 members (excludes halogenated alkanes) is 1. The average Bonchev–Trinajstić information content (AvgIpc) is 2.43. The minimum absolute atomic E-state index is 0.0178. The van der Waals surface area contributed by atoms with E-state index in [0.717, 1.165) is 18.4 Å². The van der Waals surface area contributed by atoms with Gasteiger partial charge in [0.2, 0.25) is 5.91 Å². The third-order valence-corrected chi connectivity index (χ3v) is 3.40. The van der Waals surface area contributed by atoms with Crippen molar-refractivity contribution < 1.29 is 14.3 Å². The van der Waals surface area contributed by atoms with E-state index in [9.17, 15) is 9.18 Å². The molecule has 0 saturated heterocycles. The van der Waals surface area contributed by atoms with Crippen molar-refractivity contribution in [2.45, 2.75) is 39.0 Å². The normalized spacial score (nSPS) is 12.2. The molecule has 3 nitrogen and oxygen atoms in total. The van der Waals surface area contributed by atoms with E-state index in [1.54, 1.807) is 11.0 Å². The maximum Gasteiger partial charge on any atom is 0.223 e. The van der Waals surface area contributed by atoms with Crippen molar-refractivity contribution in [2.75, 3.05) is 19.7 Å². The van der Waals surface area contributed by atoms with Gasteiger partial charge in [-0.05, 0) is 30.0 Å². The summed E-state index contributed by atoms with van der Waals surface area (Å²) in [6.45, 7) is 5.00. The van der Waals surface area contributed by atoms with Crippen molar-refractivity contribution in [1.82, 2.24) is 4.90 Å². The fourth-order valence-electron chi connectivity index (χ4n) is 2.15. The summed E-state index contributed by atoms with van der Waals surface area (Å²) in [5.74, 6) is -0.287. The molecule has 0 heterocycles. The van der Waals surface area contributed by atoms with E-state index in [1.165, 1.54) is 12.1 Å². The molecule has 1 aromatic carbocycles. The number of aliphatic hydroxyl groups is 1. The summed E-state index contributed by atoms with van der Waals surface area (Å²) in [7, 11) is 0. The van der Waals surface area contributed by atoms with E-state index >= 15 is 0 Å². The second-order valence-electron chi connectivity index (χ2n) is 5.12. The minimum Gasteiger partial charge on any atom is -0.395 e. The Balaban J connectivity index is 2.62. The topological polar surface area (TPSA) is 40.5 Å². The maximum absolute atomic E-state index is 13.2. The molecule has 1 amide bonds. The highest BCUT2D eigenvalue weighted by molar-refractivity contribution is 5.77. The van der Waals surface area contributed by atoms with Crippen LogP contribution in [0, 0.1) is 5.82 Å². The molecule has 0 fully saturated rings. The first-order valence-corrected chi connectivity index (χ1v) is 7.22. The molecule has 1 N–H and O–H groups in total. The zero-order valence-corrected chi connectivity index (χ0v) is 12.3. The molecule has 0 aliphatic rings. The number of halogens is 1. The molecule has 1 atom stereocenters. The van der Waals surface area contributed by atoms with Crippen LogP contribution < -0.4 is 0 Å². The average molecular weight is 281 g/mol. The number of aliphatic hydroxyl groups excluding tert-OH is 1. The van der Waals surface area contributed by atoms with Crippen LogP contribution in [0.25, 0.3) is 0 Å². The second-order valence-corrected chi connectivity index (χ2v) is 5.12. The van der Waals surface area contributed by atoms with Gasteiger partial charge in [-0.25, -0.2) is 4.39 Å². The molecule has 0 unspecified atom stereocenters. The number of hydrogen-bond donors (Lipinski definition) is 1. The van der Waals surface area contributed by atoms with Gasteiger partial charge in [0.15, 0.2) is 0 Å². The van der Waals surface area contributed by atoms with E-state index in [1.807, 2.05) is 13.0 Å². The molecule has 0 aliphatic carbocycles. The first kappa shape index (κ1) is 16.6. The van der Waals surface area contributed by atoms with Crippen molar-refractivity contribution in [2.24, 2.45) is 0 Å². The number of benzene rings is 1. The highest BCUT2D eigenvalue weighted by Crippen LogP contribution is 2.20. The molecular weight excluding hydrogens is 257 g/mol.